The van der Waals surface area contributed by atoms with E-state index in [4.69, 9.17) is 4.74 Å². The number of esters is 1. The Balaban J connectivity index is 1.47. The fourth-order valence-electron chi connectivity index (χ4n) is 4.30. The lowest BCUT2D eigenvalue weighted by Gasteiger charge is -2.19. The summed E-state index contributed by atoms with van der Waals surface area (Å²) >= 11 is 0. The van der Waals surface area contributed by atoms with E-state index in [-0.39, 0.29) is 24.9 Å². The predicted octanol–water partition coefficient (Wildman–Crippen LogP) is 5.92. The standard InChI is InChI=1S/C24H25F3N2O3/c1-31-22(30)9-7-18-11-17-12-19(13-28-23(17)29-18)32-14-15-6-8-20(16-4-2-3-5-16)21(10-15)24(25,26)27/h6,8,10-13,16H,2-5,7,9,14H2,1H3,(H,28,29). The Bertz CT molecular complexity index is 1100. The molecule has 5 nitrogen and oxygen atoms in total. The summed E-state index contributed by atoms with van der Waals surface area (Å²) < 4.78 is 51.4. The fourth-order valence-corrected chi connectivity index (χ4v) is 4.30. The van der Waals surface area contributed by atoms with Gasteiger partial charge >= 0.3 is 12.1 Å². The van der Waals surface area contributed by atoms with Crippen LogP contribution in [0.1, 0.15) is 60.4 Å². The van der Waals surface area contributed by atoms with Crippen LogP contribution in [0.2, 0.25) is 0 Å². The Labute approximate surface area is 183 Å². The lowest BCUT2D eigenvalue weighted by molar-refractivity contribution is -0.140. The van der Waals surface area contributed by atoms with Crippen LogP contribution in [0, 0.1) is 0 Å². The number of nitrogens with one attached hydrogen (secondary N) is 1. The summed E-state index contributed by atoms with van der Waals surface area (Å²) in [5.74, 6) is 0.150. The normalized spacial score (nSPS) is 14.8. The quantitative estimate of drug-likeness (QED) is 0.458. The number of methoxy groups -OCH3 is 1. The van der Waals surface area contributed by atoms with Crippen LogP contribution < -0.4 is 4.74 Å². The van der Waals surface area contributed by atoms with Crippen LogP contribution in [0.4, 0.5) is 13.2 Å². The minimum absolute atomic E-state index is 0.0147. The number of H-pyrrole nitrogens is 1. The van der Waals surface area contributed by atoms with Crippen LogP contribution in [-0.4, -0.2) is 23.0 Å². The van der Waals surface area contributed by atoms with E-state index >= 15 is 0 Å². The van der Waals surface area contributed by atoms with Crippen molar-refractivity contribution in [3.05, 3.63) is 58.9 Å². The van der Waals surface area contributed by atoms with Crippen molar-refractivity contribution in [1.82, 2.24) is 9.97 Å². The molecule has 1 aliphatic carbocycles. The molecule has 170 valence electrons. The highest BCUT2D eigenvalue weighted by Gasteiger charge is 2.36. The monoisotopic (exact) mass is 446 g/mol. The average molecular weight is 446 g/mol. The van der Waals surface area contributed by atoms with Crippen molar-refractivity contribution in [2.45, 2.75) is 57.2 Å². The van der Waals surface area contributed by atoms with E-state index in [0.717, 1.165) is 36.8 Å². The summed E-state index contributed by atoms with van der Waals surface area (Å²) in [5.41, 5.74) is 1.80. The first-order valence-electron chi connectivity index (χ1n) is 10.7. The predicted molar refractivity (Wildman–Crippen MR) is 113 cm³/mol. The molecule has 4 rings (SSSR count). The molecule has 0 atom stereocenters. The number of hydrogen-bond donors (Lipinski definition) is 1. The Kier molecular flexibility index (Phi) is 6.39. The second-order valence-electron chi connectivity index (χ2n) is 8.17. The molecule has 0 radical (unpaired) electrons. The van der Waals surface area contributed by atoms with Gasteiger partial charge in [-0.2, -0.15) is 13.2 Å². The SMILES string of the molecule is COC(=O)CCc1cc2cc(OCc3ccc(C4CCCC4)c(C(F)(F)F)c3)cnc2[nH]1. The number of aryl methyl sites for hydroxylation is 1. The number of benzene rings is 1. The Morgan fingerprint density at radius 3 is 2.69 bits per heavy atom. The molecule has 1 saturated carbocycles. The molecule has 0 unspecified atom stereocenters. The van der Waals surface area contributed by atoms with Crippen LogP contribution in [-0.2, 0) is 28.7 Å². The van der Waals surface area contributed by atoms with Crippen LogP contribution in [0.25, 0.3) is 11.0 Å². The Hall–Kier alpha value is -3.03. The van der Waals surface area contributed by atoms with Crippen molar-refractivity contribution in [3.8, 4) is 5.75 Å². The maximum Gasteiger partial charge on any atom is 0.416 e. The molecular formula is C24H25F3N2O3. The van der Waals surface area contributed by atoms with Gasteiger partial charge in [-0.1, -0.05) is 25.0 Å². The smallest absolute Gasteiger partial charge is 0.416 e. The number of alkyl halides is 3. The molecule has 32 heavy (non-hydrogen) atoms. The van der Waals surface area contributed by atoms with Gasteiger partial charge in [0.1, 0.15) is 18.0 Å². The second-order valence-corrected chi connectivity index (χ2v) is 8.17. The van der Waals surface area contributed by atoms with Crippen molar-refractivity contribution in [3.63, 3.8) is 0 Å². The summed E-state index contributed by atoms with van der Waals surface area (Å²) in [6, 6.07) is 8.18. The van der Waals surface area contributed by atoms with Crippen LogP contribution in [0.15, 0.2) is 36.5 Å². The number of ether oxygens (including phenoxy) is 2. The molecular weight excluding hydrogens is 421 g/mol. The zero-order chi connectivity index (χ0) is 22.7. The van der Waals surface area contributed by atoms with Gasteiger partial charge in [-0.05, 0) is 54.5 Å². The highest BCUT2D eigenvalue weighted by Crippen LogP contribution is 2.42. The molecule has 0 saturated heterocycles. The number of nitrogens with zero attached hydrogens (tertiary/aromatic N) is 1. The van der Waals surface area contributed by atoms with Crippen LogP contribution in [0.5, 0.6) is 5.75 Å². The molecule has 0 spiro atoms. The maximum atomic E-state index is 13.7. The van der Waals surface area contributed by atoms with E-state index in [9.17, 15) is 18.0 Å². The van der Waals surface area contributed by atoms with Crippen molar-refractivity contribution >= 4 is 17.0 Å². The average Bonchev–Trinajstić information content (AvgIpc) is 3.44. The van der Waals surface area contributed by atoms with E-state index in [1.807, 2.05) is 6.07 Å². The number of aromatic nitrogens is 2. The van der Waals surface area contributed by atoms with Gasteiger partial charge in [-0.3, -0.25) is 4.79 Å². The number of aromatic amines is 1. The number of halogens is 3. The number of fused-ring (bicyclic) bond motifs is 1. The van der Waals surface area contributed by atoms with Gasteiger partial charge in [0.15, 0.2) is 0 Å². The van der Waals surface area contributed by atoms with Crippen molar-refractivity contribution in [1.29, 1.82) is 0 Å². The van der Waals surface area contributed by atoms with Gasteiger partial charge in [0, 0.05) is 11.1 Å². The van der Waals surface area contributed by atoms with Gasteiger partial charge in [0.05, 0.1) is 25.3 Å². The van der Waals surface area contributed by atoms with Crippen molar-refractivity contribution in [2.75, 3.05) is 7.11 Å². The zero-order valence-electron chi connectivity index (χ0n) is 17.8. The van der Waals surface area contributed by atoms with Gasteiger partial charge in [-0.15, -0.1) is 0 Å². The summed E-state index contributed by atoms with van der Waals surface area (Å²) in [6.07, 6.45) is 1.46. The molecule has 1 aliphatic rings. The Morgan fingerprint density at radius 1 is 1.19 bits per heavy atom. The van der Waals surface area contributed by atoms with Crippen LogP contribution in [0.3, 0.4) is 0 Å². The third kappa shape index (κ3) is 5.06. The Morgan fingerprint density at radius 2 is 1.97 bits per heavy atom. The molecule has 1 N–H and O–H groups in total. The number of carbonyl (C=O) groups excluding carboxylic acids is 1. The minimum atomic E-state index is -4.39. The summed E-state index contributed by atoms with van der Waals surface area (Å²) in [7, 11) is 1.35. The number of carbonyl (C=O) groups is 1. The molecule has 0 amide bonds. The molecule has 8 heteroatoms. The number of hydrogen-bond acceptors (Lipinski definition) is 4. The van der Waals surface area contributed by atoms with E-state index in [1.165, 1.54) is 19.4 Å². The van der Waals surface area contributed by atoms with E-state index in [0.29, 0.717) is 28.9 Å². The summed E-state index contributed by atoms with van der Waals surface area (Å²) in [4.78, 5) is 18.8. The number of rotatable bonds is 7. The van der Waals surface area contributed by atoms with Gasteiger partial charge in [0.25, 0.3) is 0 Å². The first-order valence-corrected chi connectivity index (χ1v) is 10.7. The highest BCUT2D eigenvalue weighted by atomic mass is 19.4. The van der Waals surface area contributed by atoms with E-state index in [2.05, 4.69) is 14.7 Å². The highest BCUT2D eigenvalue weighted by molar-refractivity contribution is 5.78. The van der Waals surface area contributed by atoms with Gasteiger partial charge in [0.2, 0.25) is 0 Å². The fraction of sp³-hybridized carbons (Fsp3) is 0.417. The molecule has 0 bridgehead atoms. The number of pyridine rings is 1. The van der Waals surface area contributed by atoms with Gasteiger partial charge < -0.3 is 14.5 Å². The lowest BCUT2D eigenvalue weighted by Crippen LogP contribution is -2.12. The van der Waals surface area contributed by atoms with Gasteiger partial charge in [-0.25, -0.2) is 4.98 Å². The molecule has 0 aliphatic heterocycles. The molecule has 1 fully saturated rings. The van der Waals surface area contributed by atoms with Crippen molar-refractivity contribution < 1.29 is 27.4 Å². The third-order valence-electron chi connectivity index (χ3n) is 5.95. The maximum absolute atomic E-state index is 13.7. The van der Waals surface area contributed by atoms with E-state index < -0.39 is 11.7 Å². The summed E-state index contributed by atoms with van der Waals surface area (Å²) in [5, 5.41) is 0.801. The second kappa shape index (κ2) is 9.22. The minimum Gasteiger partial charge on any atom is -0.487 e. The van der Waals surface area contributed by atoms with Crippen LogP contribution >= 0.6 is 0 Å². The molecule has 2 aromatic heterocycles. The van der Waals surface area contributed by atoms with E-state index in [1.54, 1.807) is 18.2 Å². The summed E-state index contributed by atoms with van der Waals surface area (Å²) in [6.45, 7) is 0.0147. The molecule has 2 heterocycles. The first kappa shape index (κ1) is 22.2. The lowest BCUT2D eigenvalue weighted by atomic mass is 9.91. The van der Waals surface area contributed by atoms with Crippen molar-refractivity contribution in [2.24, 2.45) is 0 Å². The topological polar surface area (TPSA) is 64.2 Å². The molecule has 3 aromatic rings. The third-order valence-corrected chi connectivity index (χ3v) is 5.95. The largest absolute Gasteiger partial charge is 0.487 e. The first-order chi connectivity index (χ1) is 15.3. The zero-order valence-corrected chi connectivity index (χ0v) is 17.8. The molecule has 1 aromatic carbocycles.